The molecule has 0 saturated carbocycles. The number of aryl methyl sites for hydroxylation is 2. The number of aliphatic carboxylic acids is 1. The number of carbonyl (C=O) groups is 1. The maximum Gasteiger partial charge on any atom is 0.341 e. The van der Waals surface area contributed by atoms with Gasteiger partial charge in [0.15, 0.2) is 12.4 Å². The lowest BCUT2D eigenvalue weighted by molar-refractivity contribution is -0.139. The zero-order chi connectivity index (χ0) is 21.1. The largest absolute Gasteiger partial charge is 0.482 e. The maximum absolute atomic E-state index is 10.7. The smallest absolute Gasteiger partial charge is 0.341 e. The van der Waals surface area contributed by atoms with Crippen molar-refractivity contribution in [2.24, 2.45) is 0 Å². The number of nitrogens with zero attached hydrogens (tertiary/aromatic N) is 1. The van der Waals surface area contributed by atoms with E-state index in [1.54, 1.807) is 24.3 Å². The fraction of sp³-hybridized carbons (Fsp3) is 0.120. The standard InChI is InChI=1S/C25H21NO4/c1-16-3-7-18(8-4-16)23-24(19-9-5-17(2)6-10-19)30-25(26-23)20-11-13-21(14-12-20)29-15-22(27)28/h3-14H,15H2,1-2H3,(H,27,28). The average molecular weight is 399 g/mol. The van der Waals surface area contributed by atoms with Crippen LogP contribution in [0.4, 0.5) is 0 Å². The molecule has 1 heterocycles. The molecule has 0 saturated heterocycles. The highest BCUT2D eigenvalue weighted by atomic mass is 16.5. The second-order valence-corrected chi connectivity index (χ2v) is 7.14. The summed E-state index contributed by atoms with van der Waals surface area (Å²) >= 11 is 0. The number of aromatic nitrogens is 1. The fourth-order valence-electron chi connectivity index (χ4n) is 3.09. The van der Waals surface area contributed by atoms with Crippen LogP contribution in [-0.4, -0.2) is 22.7 Å². The maximum atomic E-state index is 10.7. The van der Waals surface area contributed by atoms with Crippen molar-refractivity contribution < 1.29 is 19.1 Å². The summed E-state index contributed by atoms with van der Waals surface area (Å²) in [6, 6.07) is 23.4. The van der Waals surface area contributed by atoms with Gasteiger partial charge in [0.25, 0.3) is 0 Å². The van der Waals surface area contributed by atoms with Crippen LogP contribution in [0.5, 0.6) is 5.75 Å². The summed E-state index contributed by atoms with van der Waals surface area (Å²) in [6.45, 7) is 3.71. The summed E-state index contributed by atoms with van der Waals surface area (Å²) in [4.78, 5) is 15.4. The lowest BCUT2D eigenvalue weighted by atomic mass is 10.0. The first-order valence-electron chi connectivity index (χ1n) is 9.59. The van der Waals surface area contributed by atoms with E-state index >= 15 is 0 Å². The quantitative estimate of drug-likeness (QED) is 0.446. The molecule has 3 aromatic carbocycles. The number of carboxylic acids is 1. The molecule has 0 bridgehead atoms. The summed E-state index contributed by atoms with van der Waals surface area (Å²) in [6.07, 6.45) is 0. The summed E-state index contributed by atoms with van der Waals surface area (Å²) in [7, 11) is 0. The Labute approximate surface area is 174 Å². The van der Waals surface area contributed by atoms with Gasteiger partial charge in [0.05, 0.1) is 0 Å². The van der Waals surface area contributed by atoms with Gasteiger partial charge in [0.1, 0.15) is 11.4 Å². The van der Waals surface area contributed by atoms with E-state index in [2.05, 4.69) is 12.1 Å². The molecule has 0 unspecified atom stereocenters. The van der Waals surface area contributed by atoms with Crippen LogP contribution in [0, 0.1) is 13.8 Å². The lowest BCUT2D eigenvalue weighted by Crippen LogP contribution is -2.09. The van der Waals surface area contributed by atoms with Crippen molar-refractivity contribution in [3.8, 4) is 39.8 Å². The van der Waals surface area contributed by atoms with Crippen LogP contribution >= 0.6 is 0 Å². The zero-order valence-electron chi connectivity index (χ0n) is 16.8. The molecule has 1 aromatic heterocycles. The molecule has 0 spiro atoms. The molecule has 0 aliphatic carbocycles. The van der Waals surface area contributed by atoms with Crippen LogP contribution in [0.15, 0.2) is 77.2 Å². The fourth-order valence-corrected chi connectivity index (χ4v) is 3.09. The van der Waals surface area contributed by atoms with Gasteiger partial charge >= 0.3 is 5.97 Å². The van der Waals surface area contributed by atoms with E-state index in [9.17, 15) is 4.79 Å². The van der Waals surface area contributed by atoms with E-state index in [0.717, 1.165) is 22.4 Å². The molecule has 150 valence electrons. The minimum absolute atomic E-state index is 0.381. The van der Waals surface area contributed by atoms with Crippen LogP contribution in [0.25, 0.3) is 34.0 Å². The lowest BCUT2D eigenvalue weighted by Gasteiger charge is -2.03. The van der Waals surface area contributed by atoms with Crippen molar-refractivity contribution in [3.63, 3.8) is 0 Å². The molecule has 0 radical (unpaired) electrons. The molecule has 1 N–H and O–H groups in total. The molecular formula is C25H21NO4. The third-order valence-electron chi connectivity index (χ3n) is 4.73. The van der Waals surface area contributed by atoms with Crippen LogP contribution in [0.3, 0.4) is 0 Å². The number of oxazole rings is 1. The van der Waals surface area contributed by atoms with E-state index in [-0.39, 0.29) is 6.61 Å². The molecule has 0 amide bonds. The topological polar surface area (TPSA) is 72.6 Å². The Morgan fingerprint density at radius 3 is 1.93 bits per heavy atom. The number of carboxylic acid groups (broad SMARTS) is 1. The monoisotopic (exact) mass is 399 g/mol. The first-order valence-corrected chi connectivity index (χ1v) is 9.59. The van der Waals surface area contributed by atoms with E-state index in [4.69, 9.17) is 19.2 Å². The Balaban J connectivity index is 1.74. The summed E-state index contributed by atoms with van der Waals surface area (Å²) in [5.41, 5.74) is 5.84. The van der Waals surface area contributed by atoms with E-state index in [1.165, 1.54) is 11.1 Å². The Hall–Kier alpha value is -3.86. The van der Waals surface area contributed by atoms with E-state index in [0.29, 0.717) is 17.4 Å². The molecule has 0 fully saturated rings. The minimum Gasteiger partial charge on any atom is -0.482 e. The highest BCUT2D eigenvalue weighted by Gasteiger charge is 2.18. The van der Waals surface area contributed by atoms with Gasteiger partial charge in [-0.25, -0.2) is 9.78 Å². The first kappa shape index (κ1) is 19.5. The van der Waals surface area contributed by atoms with Crippen molar-refractivity contribution in [3.05, 3.63) is 83.9 Å². The highest BCUT2D eigenvalue weighted by Crippen LogP contribution is 2.36. The number of ether oxygens (including phenoxy) is 1. The van der Waals surface area contributed by atoms with Crippen molar-refractivity contribution in [2.75, 3.05) is 6.61 Å². The van der Waals surface area contributed by atoms with E-state index in [1.807, 2.05) is 50.2 Å². The van der Waals surface area contributed by atoms with Crippen molar-refractivity contribution in [1.29, 1.82) is 0 Å². The second kappa shape index (κ2) is 8.25. The van der Waals surface area contributed by atoms with Gasteiger partial charge in [0, 0.05) is 16.7 Å². The Morgan fingerprint density at radius 2 is 1.37 bits per heavy atom. The second-order valence-electron chi connectivity index (χ2n) is 7.14. The molecular weight excluding hydrogens is 378 g/mol. The zero-order valence-corrected chi connectivity index (χ0v) is 16.8. The SMILES string of the molecule is Cc1ccc(-c2nc(-c3ccc(OCC(=O)O)cc3)oc2-c2ccc(C)cc2)cc1. The minimum atomic E-state index is -1.02. The van der Waals surface area contributed by atoms with E-state index < -0.39 is 5.97 Å². The van der Waals surface area contributed by atoms with Gasteiger partial charge in [-0.05, 0) is 38.1 Å². The van der Waals surface area contributed by atoms with Gasteiger partial charge in [-0.1, -0.05) is 59.7 Å². The third kappa shape index (κ3) is 4.25. The number of hydrogen-bond acceptors (Lipinski definition) is 4. The molecule has 4 aromatic rings. The average Bonchev–Trinajstić information content (AvgIpc) is 3.19. The van der Waals surface area contributed by atoms with Crippen LogP contribution in [0.2, 0.25) is 0 Å². The van der Waals surface area contributed by atoms with Crippen LogP contribution in [0.1, 0.15) is 11.1 Å². The van der Waals surface area contributed by atoms with Gasteiger partial charge < -0.3 is 14.3 Å². The molecule has 5 nitrogen and oxygen atoms in total. The normalized spacial score (nSPS) is 10.7. The summed E-state index contributed by atoms with van der Waals surface area (Å²) < 4.78 is 11.4. The summed E-state index contributed by atoms with van der Waals surface area (Å²) in [5, 5.41) is 8.74. The Morgan fingerprint density at radius 1 is 0.833 bits per heavy atom. The van der Waals surface area contributed by atoms with Crippen molar-refractivity contribution in [2.45, 2.75) is 13.8 Å². The van der Waals surface area contributed by atoms with Crippen LogP contribution < -0.4 is 4.74 Å². The van der Waals surface area contributed by atoms with Crippen molar-refractivity contribution in [1.82, 2.24) is 4.98 Å². The van der Waals surface area contributed by atoms with Gasteiger partial charge in [0.2, 0.25) is 5.89 Å². The molecule has 0 atom stereocenters. The number of hydrogen-bond donors (Lipinski definition) is 1. The van der Waals surface area contributed by atoms with Gasteiger partial charge in [-0.3, -0.25) is 0 Å². The summed E-state index contributed by atoms with van der Waals surface area (Å²) in [5.74, 6) is 0.661. The Bertz CT molecular complexity index is 1090. The number of rotatable bonds is 6. The van der Waals surface area contributed by atoms with Crippen LogP contribution in [-0.2, 0) is 4.79 Å². The van der Waals surface area contributed by atoms with Crippen molar-refractivity contribution >= 4 is 5.97 Å². The predicted octanol–water partition coefficient (Wildman–Crippen LogP) is 5.76. The van der Waals surface area contributed by atoms with Gasteiger partial charge in [-0.2, -0.15) is 0 Å². The molecule has 4 rings (SSSR count). The molecule has 30 heavy (non-hydrogen) atoms. The third-order valence-corrected chi connectivity index (χ3v) is 4.73. The predicted molar refractivity (Wildman–Crippen MR) is 115 cm³/mol. The highest BCUT2D eigenvalue weighted by molar-refractivity contribution is 5.79. The molecule has 0 aliphatic heterocycles. The van der Waals surface area contributed by atoms with Gasteiger partial charge in [-0.15, -0.1) is 0 Å². The molecule has 5 heteroatoms. The Kier molecular flexibility index (Phi) is 5.35. The molecule has 0 aliphatic rings. The number of benzene rings is 3. The first-order chi connectivity index (χ1) is 14.5.